The number of nitrogens with one attached hydrogen (secondary N) is 1. The van der Waals surface area contributed by atoms with Crippen LogP contribution in [0.4, 0.5) is 0 Å². The fourth-order valence-corrected chi connectivity index (χ4v) is 3.05. The van der Waals surface area contributed by atoms with Crippen molar-refractivity contribution in [1.82, 2.24) is 9.88 Å². The van der Waals surface area contributed by atoms with Crippen LogP contribution in [0.15, 0.2) is 18.3 Å². The first-order chi connectivity index (χ1) is 9.83. The van der Waals surface area contributed by atoms with Crippen LogP contribution in [0.1, 0.15) is 74.8 Å². The van der Waals surface area contributed by atoms with Gasteiger partial charge in [0.05, 0.1) is 5.69 Å². The van der Waals surface area contributed by atoms with Crippen molar-refractivity contribution in [2.24, 2.45) is 0 Å². The number of piperidine rings is 1. The number of carbonyl (C=O) groups excluding carboxylic acids is 1. The van der Waals surface area contributed by atoms with Gasteiger partial charge < -0.3 is 9.88 Å². The molecule has 1 saturated heterocycles. The molecular weight excluding hydrogens is 248 g/mol. The Morgan fingerprint density at radius 1 is 1.25 bits per heavy atom. The predicted molar refractivity (Wildman–Crippen MR) is 83.3 cm³/mol. The van der Waals surface area contributed by atoms with Crippen LogP contribution in [0.2, 0.25) is 0 Å². The van der Waals surface area contributed by atoms with Crippen LogP contribution in [0.5, 0.6) is 0 Å². The topological polar surface area (TPSA) is 34.0 Å². The van der Waals surface area contributed by atoms with Gasteiger partial charge in [-0.1, -0.05) is 32.6 Å². The van der Waals surface area contributed by atoms with Crippen molar-refractivity contribution in [2.75, 3.05) is 13.1 Å². The van der Waals surface area contributed by atoms with Crippen molar-refractivity contribution in [1.29, 1.82) is 0 Å². The van der Waals surface area contributed by atoms with E-state index in [2.05, 4.69) is 23.0 Å². The lowest BCUT2D eigenvalue weighted by Crippen LogP contribution is -2.30. The van der Waals surface area contributed by atoms with Crippen LogP contribution in [-0.4, -0.2) is 23.4 Å². The summed E-state index contributed by atoms with van der Waals surface area (Å²) in [6.07, 6.45) is 11.1. The third kappa shape index (κ3) is 4.20. The third-order valence-corrected chi connectivity index (χ3v) is 4.27. The summed E-state index contributed by atoms with van der Waals surface area (Å²) in [4.78, 5) is 12.4. The monoisotopic (exact) mass is 276 g/mol. The van der Waals surface area contributed by atoms with Gasteiger partial charge in [-0.15, -0.1) is 0 Å². The number of rotatable bonds is 8. The Morgan fingerprint density at radius 3 is 2.75 bits per heavy atom. The molecule has 1 aromatic heterocycles. The van der Waals surface area contributed by atoms with Crippen molar-refractivity contribution >= 4 is 5.78 Å². The first-order valence-corrected chi connectivity index (χ1v) is 8.23. The van der Waals surface area contributed by atoms with Crippen molar-refractivity contribution < 1.29 is 4.79 Å². The highest BCUT2D eigenvalue weighted by molar-refractivity contribution is 5.94. The summed E-state index contributed by atoms with van der Waals surface area (Å²) in [7, 11) is 0. The van der Waals surface area contributed by atoms with E-state index in [1.54, 1.807) is 0 Å². The molecule has 2 rings (SSSR count). The number of carbonyl (C=O) groups is 1. The summed E-state index contributed by atoms with van der Waals surface area (Å²) in [5.74, 6) is 0.324. The van der Waals surface area contributed by atoms with E-state index in [1.165, 1.54) is 25.7 Å². The van der Waals surface area contributed by atoms with Gasteiger partial charge in [0.2, 0.25) is 0 Å². The second-order valence-electron chi connectivity index (χ2n) is 5.87. The molecule has 3 heteroatoms. The number of unbranched alkanes of at least 4 members (excludes halogenated alkanes) is 4. The lowest BCUT2D eigenvalue weighted by atomic mass is 10.0. The lowest BCUT2D eigenvalue weighted by Gasteiger charge is -2.25. The number of nitrogens with zero attached hydrogens (tertiary/aromatic N) is 1. The molecule has 3 nitrogen and oxygen atoms in total. The van der Waals surface area contributed by atoms with Crippen LogP contribution in [0.25, 0.3) is 0 Å². The van der Waals surface area contributed by atoms with Gasteiger partial charge in [0.25, 0.3) is 0 Å². The zero-order valence-corrected chi connectivity index (χ0v) is 12.7. The Hall–Kier alpha value is -1.09. The minimum absolute atomic E-state index is 0.324. The molecule has 0 unspecified atom stereocenters. The fourth-order valence-electron chi connectivity index (χ4n) is 3.05. The lowest BCUT2D eigenvalue weighted by molar-refractivity contribution is 0.0966. The van der Waals surface area contributed by atoms with Gasteiger partial charge in [0, 0.05) is 18.7 Å². The Labute approximate surface area is 122 Å². The molecule has 0 bridgehead atoms. The van der Waals surface area contributed by atoms with Crippen molar-refractivity contribution in [3.8, 4) is 0 Å². The van der Waals surface area contributed by atoms with E-state index in [0.29, 0.717) is 18.2 Å². The van der Waals surface area contributed by atoms with E-state index in [0.717, 1.165) is 38.0 Å². The molecule has 0 aliphatic carbocycles. The second kappa shape index (κ2) is 8.25. The second-order valence-corrected chi connectivity index (χ2v) is 5.87. The summed E-state index contributed by atoms with van der Waals surface area (Å²) in [6.45, 7) is 4.35. The van der Waals surface area contributed by atoms with E-state index in [4.69, 9.17) is 0 Å². The molecule has 1 aliphatic rings. The highest BCUT2D eigenvalue weighted by Gasteiger charge is 2.19. The number of hydrogen-bond acceptors (Lipinski definition) is 2. The summed E-state index contributed by atoms with van der Waals surface area (Å²) >= 11 is 0. The van der Waals surface area contributed by atoms with Gasteiger partial charge in [0.15, 0.2) is 5.78 Å². The minimum atomic E-state index is 0.324. The molecular formula is C17H28N2O. The van der Waals surface area contributed by atoms with Crippen molar-refractivity contribution in [3.63, 3.8) is 0 Å². The molecule has 1 aliphatic heterocycles. The van der Waals surface area contributed by atoms with Gasteiger partial charge in [-0.3, -0.25) is 4.79 Å². The van der Waals surface area contributed by atoms with Crippen LogP contribution in [0.3, 0.4) is 0 Å². The quantitative estimate of drug-likeness (QED) is 0.576. The smallest absolute Gasteiger partial charge is 0.179 e. The largest absolute Gasteiger partial charge is 0.342 e. The van der Waals surface area contributed by atoms with Gasteiger partial charge in [0.1, 0.15) is 0 Å². The van der Waals surface area contributed by atoms with E-state index in [-0.39, 0.29) is 0 Å². The Morgan fingerprint density at radius 2 is 2.00 bits per heavy atom. The van der Waals surface area contributed by atoms with Gasteiger partial charge in [-0.05, 0) is 44.5 Å². The summed E-state index contributed by atoms with van der Waals surface area (Å²) in [5.41, 5.74) is 0.924. The summed E-state index contributed by atoms with van der Waals surface area (Å²) in [5, 5.41) is 3.38. The normalized spacial score (nSPS) is 16.4. The van der Waals surface area contributed by atoms with Crippen LogP contribution in [-0.2, 0) is 0 Å². The van der Waals surface area contributed by atoms with Crippen molar-refractivity contribution in [2.45, 2.75) is 64.3 Å². The molecule has 2 heterocycles. The van der Waals surface area contributed by atoms with E-state index >= 15 is 0 Å². The Balaban J connectivity index is 1.85. The molecule has 20 heavy (non-hydrogen) atoms. The van der Waals surface area contributed by atoms with Crippen molar-refractivity contribution in [3.05, 3.63) is 24.0 Å². The zero-order chi connectivity index (χ0) is 14.2. The molecule has 0 saturated carbocycles. The summed E-state index contributed by atoms with van der Waals surface area (Å²) < 4.78 is 2.22. The van der Waals surface area contributed by atoms with Crippen LogP contribution >= 0.6 is 0 Å². The maximum Gasteiger partial charge on any atom is 0.179 e. The van der Waals surface area contributed by atoms with Gasteiger partial charge in [-0.25, -0.2) is 0 Å². The van der Waals surface area contributed by atoms with E-state index < -0.39 is 0 Å². The Kier molecular flexibility index (Phi) is 6.31. The highest BCUT2D eigenvalue weighted by atomic mass is 16.1. The van der Waals surface area contributed by atoms with Gasteiger partial charge in [-0.2, -0.15) is 0 Å². The summed E-state index contributed by atoms with van der Waals surface area (Å²) in [6, 6.07) is 4.52. The maximum atomic E-state index is 12.4. The molecule has 112 valence electrons. The maximum absolute atomic E-state index is 12.4. The average molecular weight is 276 g/mol. The molecule has 0 aromatic carbocycles. The molecule has 1 aromatic rings. The molecule has 0 spiro atoms. The molecule has 0 amide bonds. The number of aromatic nitrogens is 1. The fraction of sp³-hybridized carbons (Fsp3) is 0.706. The van der Waals surface area contributed by atoms with Crippen LogP contribution < -0.4 is 5.32 Å². The van der Waals surface area contributed by atoms with Gasteiger partial charge >= 0.3 is 0 Å². The van der Waals surface area contributed by atoms with E-state index in [9.17, 15) is 4.79 Å². The van der Waals surface area contributed by atoms with Crippen LogP contribution in [0, 0.1) is 0 Å². The molecule has 0 radical (unpaired) electrons. The zero-order valence-electron chi connectivity index (χ0n) is 12.7. The molecule has 1 N–H and O–H groups in total. The predicted octanol–water partition coefficient (Wildman–Crippen LogP) is 3.96. The third-order valence-electron chi connectivity index (χ3n) is 4.27. The molecule has 1 fully saturated rings. The number of Topliss-reactive ketones (excluding diaryl/α,β-unsaturated/α-hetero) is 1. The number of hydrogen-bond donors (Lipinski definition) is 1. The standard InChI is InChI=1S/C17H28N2O/c1-2-3-4-5-6-9-17(20)16-8-7-14-19(16)15-10-12-18-13-11-15/h7-8,14-15,18H,2-6,9-13H2,1H3. The molecule has 0 atom stereocenters. The first kappa shape index (κ1) is 15.3. The van der Waals surface area contributed by atoms with E-state index in [1.807, 2.05) is 12.1 Å². The Bertz CT molecular complexity index is 405. The first-order valence-electron chi connectivity index (χ1n) is 8.23. The SMILES string of the molecule is CCCCCCCC(=O)c1cccn1C1CCNCC1. The minimum Gasteiger partial charge on any atom is -0.342 e. The number of ketones is 1. The highest BCUT2D eigenvalue weighted by Crippen LogP contribution is 2.22. The average Bonchev–Trinajstić information content (AvgIpc) is 2.97.